The van der Waals surface area contributed by atoms with Crippen LogP contribution in [0.4, 0.5) is 5.69 Å². The Kier molecular flexibility index (Phi) is 3.11. The van der Waals surface area contributed by atoms with Gasteiger partial charge in [0.15, 0.2) is 5.54 Å². The molecule has 0 amide bonds. The highest BCUT2D eigenvalue weighted by Crippen LogP contribution is 2.20. The Morgan fingerprint density at radius 1 is 1.28 bits per heavy atom. The van der Waals surface area contributed by atoms with Gasteiger partial charge in [-0.15, -0.1) is 0 Å². The molecule has 0 bridgehead atoms. The van der Waals surface area contributed by atoms with Crippen LogP contribution in [0.25, 0.3) is 0 Å². The van der Waals surface area contributed by atoms with Gasteiger partial charge in [-0.3, -0.25) is 0 Å². The van der Waals surface area contributed by atoms with Crippen LogP contribution in [-0.2, 0) is 0 Å². The van der Waals surface area contributed by atoms with Gasteiger partial charge in [0, 0.05) is 51.5 Å². The number of hydrazone groups is 1. The van der Waals surface area contributed by atoms with E-state index in [0.717, 1.165) is 11.3 Å². The van der Waals surface area contributed by atoms with Gasteiger partial charge in [0.1, 0.15) is 0 Å². The first-order valence-electron chi connectivity index (χ1n) is 6.04. The topological polar surface area (TPSA) is 41.7 Å². The quantitative estimate of drug-likeness (QED) is 0.731. The van der Waals surface area contributed by atoms with Crippen molar-refractivity contribution < 1.29 is 9.79 Å². The zero-order valence-electron chi connectivity index (χ0n) is 11.3. The van der Waals surface area contributed by atoms with Gasteiger partial charge in [-0.05, 0) is 29.4 Å². The molecule has 0 fully saturated rings. The molecule has 1 aromatic carbocycles. The third kappa shape index (κ3) is 2.53. The van der Waals surface area contributed by atoms with Crippen molar-refractivity contribution in [2.45, 2.75) is 25.8 Å². The van der Waals surface area contributed by atoms with Gasteiger partial charge < -0.3 is 10.0 Å². The minimum atomic E-state index is -0.225. The monoisotopic (exact) mass is 245 g/mol. The fraction of sp³-hybridized carbons (Fsp3) is 0.429. The van der Waals surface area contributed by atoms with Crippen LogP contribution >= 0.6 is 0 Å². The molecular weight excluding hydrogens is 226 g/mol. The molecule has 96 valence electrons. The predicted molar refractivity (Wildman–Crippen MR) is 72.3 cm³/mol. The van der Waals surface area contributed by atoms with Gasteiger partial charge in [-0.2, -0.15) is 0 Å². The van der Waals surface area contributed by atoms with Crippen molar-refractivity contribution in [3.63, 3.8) is 0 Å². The molecule has 0 aliphatic carbocycles. The molecule has 4 nitrogen and oxygen atoms in total. The number of benzene rings is 1. The van der Waals surface area contributed by atoms with Crippen LogP contribution in [0.3, 0.4) is 0 Å². The summed E-state index contributed by atoms with van der Waals surface area (Å²) in [6.45, 7) is 4.04. The zero-order valence-corrected chi connectivity index (χ0v) is 11.3. The van der Waals surface area contributed by atoms with E-state index < -0.39 is 0 Å². The Balaban J connectivity index is 2.28. The molecule has 0 spiro atoms. The number of anilines is 1. The number of hydrogen-bond acceptors (Lipinski definition) is 3. The van der Waals surface area contributed by atoms with Crippen LogP contribution in [0.2, 0.25) is 0 Å². The molecule has 2 rings (SSSR count). The number of rotatable bonds is 2. The first kappa shape index (κ1) is 12.6. The van der Waals surface area contributed by atoms with Crippen LogP contribution in [0.5, 0.6) is 0 Å². The van der Waals surface area contributed by atoms with Gasteiger partial charge in [0.05, 0.1) is 0 Å². The van der Waals surface area contributed by atoms with Crippen molar-refractivity contribution in [2.75, 3.05) is 19.0 Å². The fourth-order valence-corrected chi connectivity index (χ4v) is 1.95. The van der Waals surface area contributed by atoms with Crippen LogP contribution < -0.4 is 10.0 Å². The maximum Gasteiger partial charge on any atom is 0.203 e. The lowest BCUT2D eigenvalue weighted by Gasteiger charge is -2.12. The molecule has 1 aromatic rings. The second-order valence-corrected chi connectivity index (χ2v) is 5.44. The van der Waals surface area contributed by atoms with Crippen LogP contribution in [0, 0.1) is 0 Å². The Hall–Kier alpha value is -1.84. The smallest absolute Gasteiger partial charge is 0.203 e. The fourth-order valence-electron chi connectivity index (χ4n) is 1.95. The standard InChI is InChI=1S/C14H19N3O/c1-14(2)9-13(18)15-17(14)10-11-5-7-12(8-6-11)16(3)4/h5-8,10H,9H2,1-4H3. The Morgan fingerprint density at radius 2 is 1.89 bits per heavy atom. The molecule has 0 N–H and O–H groups in total. The molecule has 18 heavy (non-hydrogen) atoms. The number of hydrogen-bond donors (Lipinski definition) is 0. The Morgan fingerprint density at radius 3 is 2.33 bits per heavy atom. The summed E-state index contributed by atoms with van der Waals surface area (Å²) in [7, 11) is 4.02. The van der Waals surface area contributed by atoms with Crippen molar-refractivity contribution >= 4 is 17.8 Å². The predicted octanol–water partition coefficient (Wildman–Crippen LogP) is 1.04. The molecule has 1 aliphatic heterocycles. The van der Waals surface area contributed by atoms with Gasteiger partial charge >= 0.3 is 0 Å². The molecular formula is C14H19N3O. The summed E-state index contributed by atoms with van der Waals surface area (Å²) in [5, 5.41) is 15.4. The normalized spacial score (nSPS) is 20.0. The first-order chi connectivity index (χ1) is 8.38. The van der Waals surface area contributed by atoms with E-state index in [4.69, 9.17) is 0 Å². The lowest BCUT2D eigenvalue weighted by molar-refractivity contribution is -0.591. The molecule has 0 saturated carbocycles. The van der Waals surface area contributed by atoms with Gasteiger partial charge in [0.2, 0.25) is 6.21 Å². The lowest BCUT2D eigenvalue weighted by atomic mass is 10.0. The largest absolute Gasteiger partial charge is 0.857 e. The summed E-state index contributed by atoms with van der Waals surface area (Å²) in [4.78, 5) is 2.05. The van der Waals surface area contributed by atoms with Crippen molar-refractivity contribution in [3.05, 3.63) is 29.8 Å². The molecule has 4 heteroatoms. The Bertz CT molecular complexity index is 498. The number of nitrogens with zero attached hydrogens (tertiary/aromatic N) is 3. The van der Waals surface area contributed by atoms with Gasteiger partial charge in [-0.25, -0.2) is 0 Å². The summed E-state index contributed by atoms with van der Waals surface area (Å²) in [5.41, 5.74) is 1.98. The van der Waals surface area contributed by atoms with E-state index in [9.17, 15) is 5.11 Å². The minimum Gasteiger partial charge on any atom is -0.857 e. The molecule has 0 aromatic heterocycles. The van der Waals surface area contributed by atoms with E-state index in [1.165, 1.54) is 0 Å². The van der Waals surface area contributed by atoms with Crippen molar-refractivity contribution in [1.82, 2.24) is 0 Å². The summed E-state index contributed by atoms with van der Waals surface area (Å²) < 4.78 is 1.76. The third-order valence-electron chi connectivity index (χ3n) is 3.10. The molecule has 0 saturated heterocycles. The highest BCUT2D eigenvalue weighted by molar-refractivity contribution is 5.79. The van der Waals surface area contributed by atoms with Crippen molar-refractivity contribution in [3.8, 4) is 0 Å². The summed E-state index contributed by atoms with van der Waals surface area (Å²) in [6, 6.07) is 8.17. The van der Waals surface area contributed by atoms with E-state index in [2.05, 4.69) is 22.1 Å². The summed E-state index contributed by atoms with van der Waals surface area (Å²) >= 11 is 0. The average Bonchev–Trinajstić information content (AvgIpc) is 2.52. The minimum absolute atomic E-state index is 0.0545. The van der Waals surface area contributed by atoms with E-state index in [1.807, 2.05) is 46.3 Å². The second kappa shape index (κ2) is 4.44. The van der Waals surface area contributed by atoms with Crippen LogP contribution in [-0.4, -0.2) is 36.4 Å². The molecule has 0 atom stereocenters. The van der Waals surface area contributed by atoms with Crippen LogP contribution in [0.15, 0.2) is 29.4 Å². The maximum atomic E-state index is 11.4. The SMILES string of the molecule is CN(C)c1ccc(/C=[N+]2\N=C([O-])CC2(C)C)cc1. The lowest BCUT2D eigenvalue weighted by Crippen LogP contribution is -2.31. The Labute approximate surface area is 108 Å². The average molecular weight is 245 g/mol. The maximum absolute atomic E-state index is 11.4. The molecule has 0 radical (unpaired) electrons. The second-order valence-electron chi connectivity index (χ2n) is 5.44. The van der Waals surface area contributed by atoms with Crippen molar-refractivity contribution in [1.29, 1.82) is 0 Å². The molecule has 1 heterocycles. The highest BCUT2D eigenvalue weighted by Gasteiger charge is 2.36. The molecule has 0 unspecified atom stereocenters. The van der Waals surface area contributed by atoms with E-state index in [1.54, 1.807) is 4.68 Å². The van der Waals surface area contributed by atoms with Crippen molar-refractivity contribution in [2.24, 2.45) is 5.10 Å². The molecule has 1 aliphatic rings. The third-order valence-corrected chi connectivity index (χ3v) is 3.10. The van der Waals surface area contributed by atoms with E-state index in [0.29, 0.717) is 6.42 Å². The highest BCUT2D eigenvalue weighted by atomic mass is 16.3. The zero-order chi connectivity index (χ0) is 13.3. The van der Waals surface area contributed by atoms with Gasteiger partial charge in [-0.1, -0.05) is 4.68 Å². The summed E-state index contributed by atoms with van der Waals surface area (Å²) in [5.74, 6) is -0.0545. The van der Waals surface area contributed by atoms with Crippen LogP contribution in [0.1, 0.15) is 25.8 Å². The van der Waals surface area contributed by atoms with E-state index in [-0.39, 0.29) is 11.4 Å². The van der Waals surface area contributed by atoms with Gasteiger partial charge in [0.25, 0.3) is 0 Å². The van der Waals surface area contributed by atoms with E-state index >= 15 is 0 Å². The first-order valence-corrected chi connectivity index (χ1v) is 6.04. The summed E-state index contributed by atoms with van der Waals surface area (Å²) in [6.07, 6.45) is 2.39.